The molecular formula is C45H68FNO5. The molecule has 4 aliphatic carbocycles. The fourth-order valence-electron chi connectivity index (χ4n) is 12.6. The second-order valence-electron chi connectivity index (χ2n) is 20.2. The third kappa shape index (κ3) is 7.68. The number of halogens is 1. The van der Waals surface area contributed by atoms with Gasteiger partial charge in [-0.25, -0.2) is 4.39 Å². The highest BCUT2D eigenvalue weighted by Crippen LogP contribution is 2.74. The van der Waals surface area contributed by atoms with Gasteiger partial charge in [-0.05, 0) is 153 Å². The van der Waals surface area contributed by atoms with Crippen LogP contribution in [-0.2, 0) is 25.7 Å². The second-order valence-corrected chi connectivity index (χ2v) is 20.2. The van der Waals surface area contributed by atoms with Crippen molar-refractivity contribution in [2.24, 2.45) is 56.2 Å². The number of Topliss-reactive ketones (excluding diaryl/α,β-unsaturated/α-hetero) is 1. The van der Waals surface area contributed by atoms with E-state index in [0.29, 0.717) is 30.7 Å². The van der Waals surface area contributed by atoms with E-state index in [1.807, 2.05) is 12.1 Å². The molecule has 0 saturated heterocycles. The fraction of sp³-hybridized carbons (Fsp3) is 0.756. The van der Waals surface area contributed by atoms with Crippen molar-refractivity contribution >= 4 is 17.7 Å². The lowest BCUT2D eigenvalue weighted by molar-refractivity contribution is -0.230. The maximum absolute atomic E-state index is 13.7. The van der Waals surface area contributed by atoms with Gasteiger partial charge in [0.2, 0.25) is 0 Å². The number of benzene rings is 1. The van der Waals surface area contributed by atoms with Gasteiger partial charge >= 0.3 is 11.9 Å². The molecule has 5 rings (SSSR count). The summed E-state index contributed by atoms with van der Waals surface area (Å²) in [6, 6.07) is 6.68. The maximum atomic E-state index is 13.7. The number of fused-ring (bicyclic) bond motifs is 5. The Kier molecular flexibility index (Phi) is 11.4. The van der Waals surface area contributed by atoms with Crippen LogP contribution < -0.4 is 5.32 Å². The van der Waals surface area contributed by atoms with Crippen LogP contribution in [0.5, 0.6) is 0 Å². The molecule has 0 aromatic heterocycles. The van der Waals surface area contributed by atoms with Gasteiger partial charge in [-0.2, -0.15) is 0 Å². The minimum Gasteiger partial charge on any atom is -0.481 e. The van der Waals surface area contributed by atoms with Crippen molar-refractivity contribution in [2.75, 3.05) is 6.54 Å². The zero-order valence-electron chi connectivity index (χ0n) is 33.8. The largest absolute Gasteiger partial charge is 0.481 e. The normalized spacial score (nSPS) is 35.5. The SMILES string of the molecule is C=C(C(=O)CC1(CCNCc2ccc(F)cc2)CCC2C3(C)CCC4C(C)(C)C(OC(=O)CC(C)(C)C(=O)O)CCC4(C)[C@H]3CC[C@]2(C)C1)C(C)C. The zero-order chi connectivity index (χ0) is 38.5. The topological polar surface area (TPSA) is 92.7 Å². The highest BCUT2D eigenvalue weighted by molar-refractivity contribution is 5.95. The standard InChI is InChI=1S/C45H68FNO5/c1-29(2)30(3)33(48)25-45(23-24-47-27-31-11-13-32(46)14-12-31)22-17-35-42(8,28-45)19-15-36-43(9)21-18-37(52-38(49)26-40(4,5)39(50)51)41(6,7)34(43)16-20-44(35,36)10/h11-14,29,34-37,47H,3,15-28H2,1-2,4-10H3,(H,50,51)/t34?,35?,36-,37?,42-,43?,44?,45?/m1/s1. The van der Waals surface area contributed by atoms with Crippen molar-refractivity contribution in [1.29, 1.82) is 0 Å². The number of rotatable bonds is 13. The monoisotopic (exact) mass is 722 g/mol. The van der Waals surface area contributed by atoms with Gasteiger partial charge in [0.05, 0.1) is 11.8 Å². The number of nitrogens with one attached hydrogen (secondary N) is 1. The Labute approximate surface area is 313 Å². The summed E-state index contributed by atoms with van der Waals surface area (Å²) < 4.78 is 19.6. The fourth-order valence-corrected chi connectivity index (χ4v) is 12.6. The number of carbonyl (C=O) groups excluding carboxylic acids is 2. The third-order valence-corrected chi connectivity index (χ3v) is 15.5. The minimum atomic E-state index is -1.15. The van der Waals surface area contributed by atoms with Crippen molar-refractivity contribution in [3.63, 3.8) is 0 Å². The molecule has 0 amide bonds. The Morgan fingerprint density at radius 3 is 2.15 bits per heavy atom. The van der Waals surface area contributed by atoms with Crippen LogP contribution in [0, 0.1) is 62.0 Å². The van der Waals surface area contributed by atoms with Gasteiger partial charge in [-0.15, -0.1) is 0 Å². The summed E-state index contributed by atoms with van der Waals surface area (Å²) in [5, 5.41) is 13.2. The number of hydrogen-bond donors (Lipinski definition) is 2. The number of allylic oxidation sites excluding steroid dienone is 1. The van der Waals surface area contributed by atoms with Crippen LogP contribution in [0.3, 0.4) is 0 Å². The van der Waals surface area contributed by atoms with E-state index in [9.17, 15) is 23.9 Å². The van der Waals surface area contributed by atoms with E-state index < -0.39 is 17.4 Å². The minimum absolute atomic E-state index is 0.0839. The number of carbonyl (C=O) groups is 3. The lowest BCUT2D eigenvalue weighted by atomic mass is 9.34. The van der Waals surface area contributed by atoms with Crippen LogP contribution in [0.2, 0.25) is 0 Å². The molecule has 4 aliphatic rings. The highest BCUT2D eigenvalue weighted by atomic mass is 19.1. The number of esters is 1. The van der Waals surface area contributed by atoms with Crippen LogP contribution in [0.1, 0.15) is 145 Å². The van der Waals surface area contributed by atoms with E-state index in [-0.39, 0.29) is 57.1 Å². The number of aliphatic carboxylic acids is 1. The first kappa shape index (κ1) is 40.6. The lowest BCUT2D eigenvalue weighted by Crippen LogP contribution is -2.64. The van der Waals surface area contributed by atoms with Crippen molar-refractivity contribution in [1.82, 2.24) is 5.32 Å². The van der Waals surface area contributed by atoms with Gasteiger partial charge in [-0.3, -0.25) is 14.4 Å². The van der Waals surface area contributed by atoms with E-state index in [4.69, 9.17) is 4.74 Å². The Hall–Kier alpha value is -2.54. The van der Waals surface area contributed by atoms with Gasteiger partial charge in [0, 0.05) is 18.4 Å². The van der Waals surface area contributed by atoms with E-state index in [1.54, 1.807) is 13.8 Å². The molecule has 0 heterocycles. The Morgan fingerprint density at radius 2 is 1.52 bits per heavy atom. The van der Waals surface area contributed by atoms with Crippen molar-refractivity contribution < 1.29 is 28.6 Å². The molecule has 0 bridgehead atoms. The van der Waals surface area contributed by atoms with E-state index in [1.165, 1.54) is 18.6 Å². The highest BCUT2D eigenvalue weighted by Gasteiger charge is 2.67. The first-order valence-corrected chi connectivity index (χ1v) is 20.2. The van der Waals surface area contributed by atoms with E-state index in [0.717, 1.165) is 75.5 Å². The molecule has 6 unspecified atom stereocenters. The molecule has 0 radical (unpaired) electrons. The van der Waals surface area contributed by atoms with Crippen LogP contribution in [0.15, 0.2) is 36.4 Å². The number of ether oxygens (including phenoxy) is 1. The number of hydrogen-bond acceptors (Lipinski definition) is 5. The summed E-state index contributed by atoms with van der Waals surface area (Å²) in [7, 11) is 0. The molecule has 0 aliphatic heterocycles. The van der Waals surface area contributed by atoms with Crippen molar-refractivity contribution in [3.05, 3.63) is 47.8 Å². The van der Waals surface area contributed by atoms with Crippen LogP contribution in [-0.4, -0.2) is 35.5 Å². The summed E-state index contributed by atoms with van der Waals surface area (Å²) in [5.41, 5.74) is 0.819. The van der Waals surface area contributed by atoms with Crippen LogP contribution in [0.4, 0.5) is 4.39 Å². The molecular weight excluding hydrogens is 653 g/mol. The summed E-state index contributed by atoms with van der Waals surface area (Å²) in [6.07, 6.45) is 10.8. The molecule has 1 aromatic carbocycles. The number of carboxylic acid groups (broad SMARTS) is 1. The summed E-state index contributed by atoms with van der Waals surface area (Å²) in [5.74, 6) is 0.307. The molecule has 52 heavy (non-hydrogen) atoms. The average Bonchev–Trinajstić information content (AvgIpc) is 3.04. The molecule has 8 atom stereocenters. The lowest BCUT2D eigenvalue weighted by Gasteiger charge is -2.70. The molecule has 290 valence electrons. The maximum Gasteiger partial charge on any atom is 0.309 e. The molecule has 0 spiro atoms. The first-order valence-electron chi connectivity index (χ1n) is 20.2. The van der Waals surface area contributed by atoms with Crippen molar-refractivity contribution in [2.45, 2.75) is 152 Å². The van der Waals surface area contributed by atoms with Gasteiger partial charge in [0.1, 0.15) is 11.9 Å². The number of carboxylic acids is 1. The second kappa shape index (κ2) is 14.6. The Morgan fingerprint density at radius 1 is 0.923 bits per heavy atom. The third-order valence-electron chi connectivity index (χ3n) is 15.5. The molecule has 7 heteroatoms. The summed E-state index contributed by atoms with van der Waals surface area (Å²) >= 11 is 0. The summed E-state index contributed by atoms with van der Waals surface area (Å²) in [6.45, 7) is 25.2. The molecule has 1 aromatic rings. The molecule has 6 nitrogen and oxygen atoms in total. The average molecular weight is 722 g/mol. The quantitative estimate of drug-likeness (QED) is 0.120. The van der Waals surface area contributed by atoms with Gasteiger partial charge < -0.3 is 15.2 Å². The predicted octanol–water partition coefficient (Wildman–Crippen LogP) is 10.3. The zero-order valence-corrected chi connectivity index (χ0v) is 33.8. The number of ketones is 1. The van der Waals surface area contributed by atoms with Gasteiger partial charge in [-0.1, -0.05) is 67.2 Å². The van der Waals surface area contributed by atoms with E-state index in [2.05, 4.69) is 60.4 Å². The van der Waals surface area contributed by atoms with Gasteiger partial charge in [0.25, 0.3) is 0 Å². The van der Waals surface area contributed by atoms with Crippen LogP contribution >= 0.6 is 0 Å². The predicted molar refractivity (Wildman–Crippen MR) is 205 cm³/mol. The molecule has 4 fully saturated rings. The molecule has 2 N–H and O–H groups in total. The Bertz CT molecular complexity index is 1520. The van der Waals surface area contributed by atoms with E-state index >= 15 is 0 Å². The van der Waals surface area contributed by atoms with Crippen LogP contribution in [0.25, 0.3) is 0 Å². The summed E-state index contributed by atoms with van der Waals surface area (Å²) in [4.78, 5) is 38.5. The molecule has 4 saturated carbocycles. The smallest absolute Gasteiger partial charge is 0.309 e. The van der Waals surface area contributed by atoms with Crippen molar-refractivity contribution in [3.8, 4) is 0 Å². The first-order chi connectivity index (χ1) is 24.1. The van der Waals surface area contributed by atoms with Gasteiger partial charge in [0.15, 0.2) is 5.78 Å². The Balaban J connectivity index is 1.32.